The SMILES string of the molecule is O=C(NC(=S)Nc1ccccc1N1CCN(C(=O)c2ccc(Cl)cc2)CC1)c1cccc2c(Br)cccc12. The van der Waals surface area contributed by atoms with Crippen LogP contribution in [-0.4, -0.2) is 48.0 Å². The molecule has 1 aliphatic heterocycles. The fourth-order valence-electron chi connectivity index (χ4n) is 4.57. The molecule has 1 saturated heterocycles. The Bertz CT molecular complexity index is 1520. The van der Waals surface area contributed by atoms with Crippen LogP contribution in [0.15, 0.2) is 89.4 Å². The minimum Gasteiger partial charge on any atom is -0.366 e. The van der Waals surface area contributed by atoms with Crippen LogP contribution in [0.25, 0.3) is 10.8 Å². The zero-order valence-electron chi connectivity index (χ0n) is 20.3. The monoisotopic (exact) mass is 606 g/mol. The normalized spacial score (nSPS) is 13.3. The van der Waals surface area contributed by atoms with Crippen LogP contribution in [0.2, 0.25) is 5.02 Å². The largest absolute Gasteiger partial charge is 0.366 e. The molecule has 0 unspecified atom stereocenters. The molecule has 0 spiro atoms. The highest BCUT2D eigenvalue weighted by molar-refractivity contribution is 9.10. The molecule has 38 heavy (non-hydrogen) atoms. The quantitative estimate of drug-likeness (QED) is 0.265. The van der Waals surface area contributed by atoms with E-state index in [2.05, 4.69) is 31.5 Å². The van der Waals surface area contributed by atoms with Gasteiger partial charge in [0.15, 0.2) is 5.11 Å². The Hall–Kier alpha value is -3.46. The van der Waals surface area contributed by atoms with Crippen LogP contribution >= 0.6 is 39.7 Å². The molecular weight excluding hydrogens is 584 g/mol. The maximum absolute atomic E-state index is 13.1. The first-order valence-electron chi connectivity index (χ1n) is 12.1. The molecule has 0 aliphatic carbocycles. The van der Waals surface area contributed by atoms with Gasteiger partial charge in [0, 0.05) is 46.8 Å². The number of fused-ring (bicyclic) bond motifs is 1. The van der Waals surface area contributed by atoms with Crippen molar-refractivity contribution in [2.45, 2.75) is 0 Å². The smallest absolute Gasteiger partial charge is 0.258 e. The zero-order valence-corrected chi connectivity index (χ0v) is 23.4. The molecule has 9 heteroatoms. The number of halogens is 2. The number of anilines is 2. The van der Waals surface area contributed by atoms with Gasteiger partial charge in [0.1, 0.15) is 0 Å². The molecule has 5 rings (SSSR count). The Balaban J connectivity index is 1.24. The van der Waals surface area contributed by atoms with Crippen molar-refractivity contribution in [2.24, 2.45) is 0 Å². The van der Waals surface area contributed by atoms with Crippen molar-refractivity contribution in [3.8, 4) is 0 Å². The van der Waals surface area contributed by atoms with E-state index in [1.54, 1.807) is 30.3 Å². The maximum Gasteiger partial charge on any atom is 0.258 e. The van der Waals surface area contributed by atoms with Gasteiger partial charge < -0.3 is 15.1 Å². The lowest BCUT2D eigenvalue weighted by atomic mass is 10.0. The van der Waals surface area contributed by atoms with Gasteiger partial charge in [-0.25, -0.2) is 0 Å². The van der Waals surface area contributed by atoms with E-state index in [9.17, 15) is 9.59 Å². The van der Waals surface area contributed by atoms with Crippen LogP contribution in [-0.2, 0) is 0 Å². The Morgan fingerprint density at radius 2 is 1.50 bits per heavy atom. The molecule has 4 aromatic carbocycles. The van der Waals surface area contributed by atoms with E-state index in [1.165, 1.54) is 0 Å². The highest BCUT2D eigenvalue weighted by Gasteiger charge is 2.24. The lowest BCUT2D eigenvalue weighted by Gasteiger charge is -2.37. The summed E-state index contributed by atoms with van der Waals surface area (Å²) in [5.74, 6) is -0.282. The molecule has 6 nitrogen and oxygen atoms in total. The number of piperazine rings is 1. The standard InChI is InChI=1S/C29H24BrClN4O2S/c30-24-8-4-5-21-22(24)6-3-7-23(21)27(36)33-29(38)32-25-9-1-2-10-26(25)34-15-17-35(18-16-34)28(37)19-11-13-20(31)14-12-19/h1-14H,15-18H2,(H2,32,33,36,38). The van der Waals surface area contributed by atoms with Crippen LogP contribution in [0.4, 0.5) is 11.4 Å². The molecule has 2 amide bonds. The summed E-state index contributed by atoms with van der Waals surface area (Å²) in [7, 11) is 0. The molecular formula is C29H24BrClN4O2S. The van der Waals surface area contributed by atoms with Crippen LogP contribution in [0.5, 0.6) is 0 Å². The summed E-state index contributed by atoms with van der Waals surface area (Å²) in [4.78, 5) is 30.0. The van der Waals surface area contributed by atoms with E-state index in [0.29, 0.717) is 42.3 Å². The number of nitrogens with one attached hydrogen (secondary N) is 2. The molecule has 0 bridgehead atoms. The fraction of sp³-hybridized carbons (Fsp3) is 0.138. The van der Waals surface area contributed by atoms with Crippen molar-refractivity contribution < 1.29 is 9.59 Å². The molecule has 0 radical (unpaired) electrons. The number of hydrogen-bond donors (Lipinski definition) is 2. The number of thiocarbonyl (C=S) groups is 1. The van der Waals surface area contributed by atoms with Gasteiger partial charge >= 0.3 is 0 Å². The average molecular weight is 608 g/mol. The van der Waals surface area contributed by atoms with Crippen molar-refractivity contribution in [1.29, 1.82) is 0 Å². The van der Waals surface area contributed by atoms with Gasteiger partial charge in [0.05, 0.1) is 11.4 Å². The zero-order chi connectivity index (χ0) is 26.6. The van der Waals surface area contributed by atoms with E-state index in [1.807, 2.05) is 59.5 Å². The van der Waals surface area contributed by atoms with E-state index in [4.69, 9.17) is 23.8 Å². The van der Waals surface area contributed by atoms with Gasteiger partial charge in [-0.1, -0.05) is 63.9 Å². The van der Waals surface area contributed by atoms with Crippen molar-refractivity contribution in [3.05, 3.63) is 106 Å². The Kier molecular flexibility index (Phi) is 7.93. The number of benzene rings is 4. The molecule has 0 aromatic heterocycles. The van der Waals surface area contributed by atoms with Gasteiger partial charge in [-0.15, -0.1) is 0 Å². The fourth-order valence-corrected chi connectivity index (χ4v) is 5.40. The van der Waals surface area contributed by atoms with E-state index in [-0.39, 0.29) is 16.9 Å². The minimum absolute atomic E-state index is 0.00270. The van der Waals surface area contributed by atoms with Crippen molar-refractivity contribution in [1.82, 2.24) is 10.2 Å². The van der Waals surface area contributed by atoms with Crippen LogP contribution in [0, 0.1) is 0 Å². The lowest BCUT2D eigenvalue weighted by molar-refractivity contribution is 0.0746. The van der Waals surface area contributed by atoms with Crippen LogP contribution < -0.4 is 15.5 Å². The Morgan fingerprint density at radius 3 is 2.26 bits per heavy atom. The third kappa shape index (κ3) is 5.67. The second kappa shape index (κ2) is 11.5. The minimum atomic E-state index is -0.280. The summed E-state index contributed by atoms with van der Waals surface area (Å²) in [5.41, 5.74) is 2.92. The van der Waals surface area contributed by atoms with E-state index in [0.717, 1.165) is 26.6 Å². The lowest BCUT2D eigenvalue weighted by Crippen LogP contribution is -2.49. The molecule has 192 valence electrons. The van der Waals surface area contributed by atoms with Crippen molar-refractivity contribution in [2.75, 3.05) is 36.4 Å². The van der Waals surface area contributed by atoms with Gasteiger partial charge in [0.25, 0.3) is 11.8 Å². The van der Waals surface area contributed by atoms with Gasteiger partial charge in [-0.3, -0.25) is 14.9 Å². The first-order valence-corrected chi connectivity index (χ1v) is 13.7. The second-order valence-corrected chi connectivity index (χ2v) is 10.6. The highest BCUT2D eigenvalue weighted by atomic mass is 79.9. The third-order valence-corrected chi connectivity index (χ3v) is 7.64. The number of para-hydroxylation sites is 2. The highest BCUT2D eigenvalue weighted by Crippen LogP contribution is 2.28. The number of nitrogens with zero attached hydrogens (tertiary/aromatic N) is 2. The third-order valence-electron chi connectivity index (χ3n) is 6.49. The number of rotatable bonds is 4. The Morgan fingerprint density at radius 1 is 0.816 bits per heavy atom. The summed E-state index contributed by atoms with van der Waals surface area (Å²) in [5, 5.41) is 8.62. The van der Waals surface area contributed by atoms with Crippen LogP contribution in [0.1, 0.15) is 20.7 Å². The van der Waals surface area contributed by atoms with Crippen LogP contribution in [0.3, 0.4) is 0 Å². The topological polar surface area (TPSA) is 64.7 Å². The second-order valence-electron chi connectivity index (χ2n) is 8.85. The van der Waals surface area contributed by atoms with Gasteiger partial charge in [-0.05, 0) is 71.5 Å². The summed E-state index contributed by atoms with van der Waals surface area (Å²) in [6.45, 7) is 2.52. The summed E-state index contributed by atoms with van der Waals surface area (Å²) in [6, 6.07) is 26.1. The molecule has 2 N–H and O–H groups in total. The van der Waals surface area contributed by atoms with E-state index >= 15 is 0 Å². The summed E-state index contributed by atoms with van der Waals surface area (Å²) >= 11 is 15.0. The molecule has 0 atom stereocenters. The summed E-state index contributed by atoms with van der Waals surface area (Å²) in [6.07, 6.45) is 0. The number of carbonyl (C=O) groups is 2. The van der Waals surface area contributed by atoms with Crippen molar-refractivity contribution in [3.63, 3.8) is 0 Å². The van der Waals surface area contributed by atoms with Crippen molar-refractivity contribution >= 4 is 78.8 Å². The summed E-state index contributed by atoms with van der Waals surface area (Å²) < 4.78 is 0.925. The maximum atomic E-state index is 13.1. The first-order chi connectivity index (χ1) is 18.4. The molecule has 1 heterocycles. The predicted octanol–water partition coefficient (Wildman–Crippen LogP) is 6.34. The number of hydrogen-bond acceptors (Lipinski definition) is 4. The number of amides is 2. The molecule has 0 saturated carbocycles. The first kappa shape index (κ1) is 26.2. The average Bonchev–Trinajstić information content (AvgIpc) is 2.93. The molecule has 1 aliphatic rings. The predicted molar refractivity (Wildman–Crippen MR) is 161 cm³/mol. The Labute approximate surface area is 239 Å². The van der Waals surface area contributed by atoms with Gasteiger partial charge in [0.2, 0.25) is 0 Å². The van der Waals surface area contributed by atoms with Gasteiger partial charge in [-0.2, -0.15) is 0 Å². The number of carbonyl (C=O) groups excluding carboxylic acids is 2. The molecule has 4 aromatic rings. The van der Waals surface area contributed by atoms with E-state index < -0.39 is 0 Å². The molecule has 1 fully saturated rings.